The van der Waals surface area contributed by atoms with E-state index in [1.165, 1.54) is 6.33 Å². The number of amides is 1. The zero-order valence-electron chi connectivity index (χ0n) is 11.3. The van der Waals surface area contributed by atoms with Crippen LogP contribution in [-0.2, 0) is 0 Å². The Morgan fingerprint density at radius 2 is 2.00 bits per heavy atom. The van der Waals surface area contributed by atoms with Gasteiger partial charge >= 0.3 is 0 Å². The lowest BCUT2D eigenvalue weighted by atomic mass is 9.97. The SMILES string of the molecule is CC(C)C1=NC(=O)c2ccc(Nc3ccncn3)cc21. The number of benzene rings is 1. The second kappa shape index (κ2) is 4.85. The van der Waals surface area contributed by atoms with E-state index in [4.69, 9.17) is 0 Å². The van der Waals surface area contributed by atoms with Crippen molar-refractivity contribution in [2.45, 2.75) is 13.8 Å². The molecule has 5 heteroatoms. The van der Waals surface area contributed by atoms with E-state index in [1.807, 2.05) is 26.0 Å². The molecule has 0 radical (unpaired) electrons. The molecule has 0 fully saturated rings. The van der Waals surface area contributed by atoms with Crippen LogP contribution in [-0.4, -0.2) is 21.6 Å². The quantitative estimate of drug-likeness (QED) is 0.927. The summed E-state index contributed by atoms with van der Waals surface area (Å²) in [6.45, 7) is 4.07. The molecule has 0 saturated heterocycles. The Morgan fingerprint density at radius 3 is 2.70 bits per heavy atom. The van der Waals surface area contributed by atoms with Gasteiger partial charge in [0.2, 0.25) is 0 Å². The van der Waals surface area contributed by atoms with Crippen molar-refractivity contribution in [3.8, 4) is 0 Å². The summed E-state index contributed by atoms with van der Waals surface area (Å²) in [6.07, 6.45) is 3.16. The number of nitrogens with zero attached hydrogens (tertiary/aromatic N) is 3. The number of aromatic nitrogens is 2. The van der Waals surface area contributed by atoms with Gasteiger partial charge in [0.15, 0.2) is 0 Å². The summed E-state index contributed by atoms with van der Waals surface area (Å²) in [5.74, 6) is 0.777. The molecule has 0 atom stereocenters. The number of carbonyl (C=O) groups excluding carboxylic acids is 1. The van der Waals surface area contributed by atoms with Crippen LogP contribution in [0, 0.1) is 5.92 Å². The molecule has 1 N–H and O–H groups in total. The molecule has 5 nitrogen and oxygen atoms in total. The molecule has 0 unspecified atom stereocenters. The maximum atomic E-state index is 11.8. The molecule has 1 aliphatic rings. The number of carbonyl (C=O) groups is 1. The first kappa shape index (κ1) is 12.5. The summed E-state index contributed by atoms with van der Waals surface area (Å²) in [6, 6.07) is 7.40. The van der Waals surface area contributed by atoms with Gasteiger partial charge in [0.25, 0.3) is 5.91 Å². The Labute approximate surface area is 116 Å². The highest BCUT2D eigenvalue weighted by Gasteiger charge is 2.25. The summed E-state index contributed by atoms with van der Waals surface area (Å²) < 4.78 is 0. The fourth-order valence-corrected chi connectivity index (χ4v) is 2.20. The van der Waals surface area contributed by atoms with E-state index in [1.54, 1.807) is 18.3 Å². The van der Waals surface area contributed by atoms with Crippen LogP contribution < -0.4 is 5.32 Å². The third-order valence-electron chi connectivity index (χ3n) is 3.15. The van der Waals surface area contributed by atoms with Crippen molar-refractivity contribution in [1.29, 1.82) is 0 Å². The molecule has 3 rings (SSSR count). The highest BCUT2D eigenvalue weighted by molar-refractivity contribution is 6.22. The van der Waals surface area contributed by atoms with E-state index in [9.17, 15) is 4.79 Å². The summed E-state index contributed by atoms with van der Waals surface area (Å²) in [7, 11) is 0. The topological polar surface area (TPSA) is 67.2 Å². The van der Waals surface area contributed by atoms with Gasteiger partial charge in [-0.1, -0.05) is 13.8 Å². The minimum absolute atomic E-state index is 0.155. The Balaban J connectivity index is 1.96. The van der Waals surface area contributed by atoms with Crippen molar-refractivity contribution < 1.29 is 4.79 Å². The van der Waals surface area contributed by atoms with E-state index < -0.39 is 0 Å². The molecule has 1 aromatic carbocycles. The van der Waals surface area contributed by atoms with Crippen LogP contribution in [0.15, 0.2) is 41.8 Å². The molecule has 2 aromatic rings. The standard InChI is InChI=1S/C15H14N4O/c1-9(2)14-12-7-10(3-4-11(12)15(20)19-14)18-13-5-6-16-8-17-13/h3-9H,1-2H3,(H,16,17,18). The third-order valence-corrected chi connectivity index (χ3v) is 3.15. The molecule has 1 aliphatic heterocycles. The minimum atomic E-state index is -0.155. The van der Waals surface area contributed by atoms with Crippen molar-refractivity contribution in [3.05, 3.63) is 47.9 Å². The average Bonchev–Trinajstić information content (AvgIpc) is 2.77. The number of fused-ring (bicyclic) bond motifs is 1. The molecule has 2 heterocycles. The van der Waals surface area contributed by atoms with E-state index in [0.717, 1.165) is 17.0 Å². The zero-order valence-corrected chi connectivity index (χ0v) is 11.3. The first-order chi connectivity index (χ1) is 9.65. The van der Waals surface area contributed by atoms with Gasteiger partial charge in [-0.15, -0.1) is 0 Å². The summed E-state index contributed by atoms with van der Waals surface area (Å²) >= 11 is 0. The Bertz CT molecular complexity index is 692. The van der Waals surface area contributed by atoms with Gasteiger partial charge in [-0.2, -0.15) is 0 Å². The molecule has 100 valence electrons. The lowest BCUT2D eigenvalue weighted by Crippen LogP contribution is -2.07. The van der Waals surface area contributed by atoms with Gasteiger partial charge in [0, 0.05) is 17.4 Å². The van der Waals surface area contributed by atoms with Gasteiger partial charge in [0.1, 0.15) is 12.1 Å². The summed E-state index contributed by atoms with van der Waals surface area (Å²) in [5, 5.41) is 3.19. The molecule has 20 heavy (non-hydrogen) atoms. The van der Waals surface area contributed by atoms with Crippen molar-refractivity contribution in [1.82, 2.24) is 9.97 Å². The van der Waals surface area contributed by atoms with E-state index in [-0.39, 0.29) is 11.8 Å². The maximum absolute atomic E-state index is 11.8. The zero-order chi connectivity index (χ0) is 14.1. The van der Waals surface area contributed by atoms with Crippen molar-refractivity contribution >= 4 is 23.1 Å². The van der Waals surface area contributed by atoms with Gasteiger partial charge in [0.05, 0.1) is 11.3 Å². The molecule has 0 aliphatic carbocycles. The van der Waals surface area contributed by atoms with Crippen LogP contribution in [0.2, 0.25) is 0 Å². The second-order valence-corrected chi connectivity index (χ2v) is 4.94. The van der Waals surface area contributed by atoms with E-state index in [0.29, 0.717) is 11.4 Å². The molecule has 1 amide bonds. The lowest BCUT2D eigenvalue weighted by molar-refractivity contribution is 0.101. The van der Waals surface area contributed by atoms with Crippen LogP contribution in [0.3, 0.4) is 0 Å². The highest BCUT2D eigenvalue weighted by Crippen LogP contribution is 2.27. The summed E-state index contributed by atoms with van der Waals surface area (Å²) in [4.78, 5) is 23.9. The van der Waals surface area contributed by atoms with Crippen LogP contribution in [0.5, 0.6) is 0 Å². The van der Waals surface area contributed by atoms with Gasteiger partial charge in [-0.05, 0) is 30.2 Å². The molecule has 0 saturated carbocycles. The van der Waals surface area contributed by atoms with Crippen LogP contribution in [0.1, 0.15) is 29.8 Å². The van der Waals surface area contributed by atoms with Gasteiger partial charge in [-0.3, -0.25) is 4.79 Å². The number of rotatable bonds is 3. The second-order valence-electron chi connectivity index (χ2n) is 4.94. The fraction of sp³-hybridized carbons (Fsp3) is 0.200. The number of hydrogen-bond donors (Lipinski definition) is 1. The number of anilines is 2. The summed E-state index contributed by atoms with van der Waals surface area (Å²) in [5.41, 5.74) is 3.30. The predicted molar refractivity (Wildman–Crippen MR) is 77.5 cm³/mol. The molecule has 0 bridgehead atoms. The normalized spacial score (nSPS) is 13.3. The third kappa shape index (κ3) is 2.18. The van der Waals surface area contributed by atoms with Crippen LogP contribution >= 0.6 is 0 Å². The molecular weight excluding hydrogens is 252 g/mol. The molecular formula is C15H14N4O. The van der Waals surface area contributed by atoms with Crippen LogP contribution in [0.25, 0.3) is 0 Å². The minimum Gasteiger partial charge on any atom is -0.340 e. The maximum Gasteiger partial charge on any atom is 0.277 e. The lowest BCUT2D eigenvalue weighted by Gasteiger charge is -2.09. The van der Waals surface area contributed by atoms with Crippen molar-refractivity contribution in [2.75, 3.05) is 5.32 Å². The van der Waals surface area contributed by atoms with Crippen molar-refractivity contribution in [2.24, 2.45) is 10.9 Å². The Hall–Kier alpha value is -2.56. The van der Waals surface area contributed by atoms with Gasteiger partial charge < -0.3 is 5.32 Å². The monoisotopic (exact) mass is 266 g/mol. The van der Waals surface area contributed by atoms with Gasteiger partial charge in [-0.25, -0.2) is 15.0 Å². The Kier molecular flexibility index (Phi) is 3.02. The van der Waals surface area contributed by atoms with E-state index in [2.05, 4.69) is 20.3 Å². The smallest absolute Gasteiger partial charge is 0.277 e. The Morgan fingerprint density at radius 1 is 1.15 bits per heavy atom. The fourth-order valence-electron chi connectivity index (χ4n) is 2.20. The highest BCUT2D eigenvalue weighted by atomic mass is 16.1. The van der Waals surface area contributed by atoms with Crippen molar-refractivity contribution in [3.63, 3.8) is 0 Å². The first-order valence-electron chi connectivity index (χ1n) is 6.45. The number of aliphatic imine (C=N–C) groups is 1. The molecule has 0 spiro atoms. The van der Waals surface area contributed by atoms with E-state index >= 15 is 0 Å². The largest absolute Gasteiger partial charge is 0.340 e. The average molecular weight is 266 g/mol. The predicted octanol–water partition coefficient (Wildman–Crippen LogP) is 2.82. The molecule has 1 aromatic heterocycles. The number of nitrogens with one attached hydrogen (secondary N) is 1. The van der Waals surface area contributed by atoms with Crippen LogP contribution in [0.4, 0.5) is 11.5 Å². The number of hydrogen-bond acceptors (Lipinski definition) is 4. The first-order valence-corrected chi connectivity index (χ1v) is 6.45.